The topological polar surface area (TPSA) is 77.2 Å². The van der Waals surface area contributed by atoms with Gasteiger partial charge in [0.1, 0.15) is 0 Å². The Balaban J connectivity index is 2.55. The lowest BCUT2D eigenvalue weighted by Gasteiger charge is -2.04. The van der Waals surface area contributed by atoms with Gasteiger partial charge in [0.2, 0.25) is 0 Å². The Morgan fingerprint density at radius 1 is 1.61 bits per heavy atom. The highest BCUT2D eigenvalue weighted by atomic mass is 35.5. The molecule has 2 heterocycles. The van der Waals surface area contributed by atoms with Gasteiger partial charge in [-0.25, -0.2) is 14.5 Å². The zero-order valence-corrected chi connectivity index (χ0v) is 10.3. The van der Waals surface area contributed by atoms with Crippen molar-refractivity contribution in [2.75, 3.05) is 7.11 Å². The number of carboxylic acid groups (broad SMARTS) is 1. The highest BCUT2D eigenvalue weighted by Crippen LogP contribution is 2.19. The summed E-state index contributed by atoms with van der Waals surface area (Å²) in [7, 11) is 1.51. The van der Waals surface area contributed by atoms with Crippen LogP contribution in [0.4, 0.5) is 0 Å². The van der Waals surface area contributed by atoms with Crippen LogP contribution in [-0.4, -0.2) is 33.0 Å². The number of hydrogen-bond acceptors (Lipinski definition) is 4. The first-order chi connectivity index (χ1) is 8.63. The van der Waals surface area contributed by atoms with Crippen LogP contribution in [0.2, 0.25) is 5.02 Å². The van der Waals surface area contributed by atoms with Crippen LogP contribution in [0.1, 0.15) is 16.2 Å². The summed E-state index contributed by atoms with van der Waals surface area (Å²) in [5.41, 5.74) is 0.485. The van der Waals surface area contributed by atoms with Gasteiger partial charge in [-0.05, 0) is 18.2 Å². The van der Waals surface area contributed by atoms with Gasteiger partial charge < -0.3 is 9.84 Å². The molecule has 2 aromatic heterocycles. The summed E-state index contributed by atoms with van der Waals surface area (Å²) in [5, 5.41) is 13.6. The lowest BCUT2D eigenvalue weighted by molar-refractivity contribution is 0.0687. The van der Waals surface area contributed by atoms with E-state index >= 15 is 0 Å². The van der Waals surface area contributed by atoms with Crippen LogP contribution in [0, 0.1) is 0 Å². The third-order valence-corrected chi connectivity index (χ3v) is 2.51. The summed E-state index contributed by atoms with van der Waals surface area (Å²) in [6.45, 7) is 0.220. The predicted molar refractivity (Wildman–Crippen MR) is 64.0 cm³/mol. The molecular formula is C11H10ClN3O3. The highest BCUT2D eigenvalue weighted by Gasteiger charge is 2.18. The molecule has 0 aliphatic carbocycles. The number of aromatic nitrogens is 3. The van der Waals surface area contributed by atoms with Crippen molar-refractivity contribution < 1.29 is 14.6 Å². The molecule has 0 bridgehead atoms. The Labute approximate surface area is 108 Å². The van der Waals surface area contributed by atoms with E-state index in [4.69, 9.17) is 21.4 Å². The van der Waals surface area contributed by atoms with Crippen LogP contribution in [0.15, 0.2) is 24.4 Å². The molecule has 2 rings (SSSR count). The van der Waals surface area contributed by atoms with E-state index in [1.54, 1.807) is 12.1 Å². The van der Waals surface area contributed by atoms with Gasteiger partial charge in [0.15, 0.2) is 11.5 Å². The highest BCUT2D eigenvalue weighted by molar-refractivity contribution is 6.32. The molecule has 0 fully saturated rings. The largest absolute Gasteiger partial charge is 0.477 e. The van der Waals surface area contributed by atoms with Gasteiger partial charge in [0.05, 0.1) is 17.3 Å². The van der Waals surface area contributed by atoms with Gasteiger partial charge in [-0.1, -0.05) is 11.6 Å². The zero-order valence-electron chi connectivity index (χ0n) is 9.50. The molecule has 7 heteroatoms. The number of carbonyl (C=O) groups is 1. The lowest BCUT2D eigenvalue weighted by atomic mass is 10.3. The SMILES string of the molecule is COCc1cc(C(=O)O)n(-c2ncccc2Cl)n1. The summed E-state index contributed by atoms with van der Waals surface area (Å²) in [6, 6.07) is 4.70. The first kappa shape index (κ1) is 12.5. The second-order valence-corrected chi connectivity index (χ2v) is 3.89. The fourth-order valence-electron chi connectivity index (χ4n) is 1.50. The fourth-order valence-corrected chi connectivity index (χ4v) is 1.70. The number of ether oxygens (including phenoxy) is 1. The van der Waals surface area contributed by atoms with E-state index < -0.39 is 5.97 Å². The van der Waals surface area contributed by atoms with Crippen LogP contribution >= 0.6 is 11.6 Å². The third kappa shape index (κ3) is 2.34. The number of pyridine rings is 1. The van der Waals surface area contributed by atoms with Gasteiger partial charge in [-0.15, -0.1) is 0 Å². The Bertz CT molecular complexity index is 583. The summed E-state index contributed by atoms with van der Waals surface area (Å²) in [4.78, 5) is 15.2. The maximum absolute atomic E-state index is 11.2. The number of hydrogen-bond donors (Lipinski definition) is 1. The molecule has 0 saturated carbocycles. The van der Waals surface area contributed by atoms with Crippen molar-refractivity contribution in [3.05, 3.63) is 40.8 Å². The smallest absolute Gasteiger partial charge is 0.354 e. The van der Waals surface area contributed by atoms with Crippen molar-refractivity contribution in [2.24, 2.45) is 0 Å². The summed E-state index contributed by atoms with van der Waals surface area (Å²) >= 11 is 5.97. The molecule has 1 N–H and O–H groups in total. The molecule has 2 aromatic rings. The number of carboxylic acids is 1. The minimum absolute atomic E-state index is 0.0114. The van der Waals surface area contributed by atoms with E-state index in [-0.39, 0.29) is 18.1 Å². The maximum Gasteiger partial charge on any atom is 0.354 e. The fraction of sp³-hybridized carbons (Fsp3) is 0.182. The first-order valence-corrected chi connectivity index (χ1v) is 5.43. The van der Waals surface area contributed by atoms with E-state index in [1.165, 1.54) is 24.1 Å². The molecule has 0 spiro atoms. The van der Waals surface area contributed by atoms with Crippen LogP contribution in [0.25, 0.3) is 5.82 Å². The van der Waals surface area contributed by atoms with Crippen molar-refractivity contribution in [3.63, 3.8) is 0 Å². The first-order valence-electron chi connectivity index (χ1n) is 5.05. The minimum Gasteiger partial charge on any atom is -0.477 e. The third-order valence-electron chi connectivity index (χ3n) is 2.21. The van der Waals surface area contributed by atoms with Crippen molar-refractivity contribution in [1.29, 1.82) is 0 Å². The van der Waals surface area contributed by atoms with E-state index in [1.807, 2.05) is 0 Å². The van der Waals surface area contributed by atoms with Gasteiger partial charge in [0.25, 0.3) is 0 Å². The number of aromatic carboxylic acids is 1. The second kappa shape index (κ2) is 5.16. The standard InChI is InChI=1S/C11H10ClN3O3/c1-18-6-7-5-9(11(16)17)15(14-7)10-8(12)3-2-4-13-10/h2-5H,6H2,1H3,(H,16,17). The van der Waals surface area contributed by atoms with Crippen molar-refractivity contribution >= 4 is 17.6 Å². The molecule has 94 valence electrons. The lowest BCUT2D eigenvalue weighted by Crippen LogP contribution is -2.09. The molecule has 6 nitrogen and oxygen atoms in total. The van der Waals surface area contributed by atoms with E-state index in [0.717, 1.165) is 0 Å². The normalized spacial score (nSPS) is 10.6. The van der Waals surface area contributed by atoms with Crippen LogP contribution < -0.4 is 0 Å². The number of rotatable bonds is 4. The Hall–Kier alpha value is -1.92. The van der Waals surface area contributed by atoms with Crippen molar-refractivity contribution in [3.8, 4) is 5.82 Å². The van der Waals surface area contributed by atoms with Crippen LogP contribution in [-0.2, 0) is 11.3 Å². The summed E-state index contributed by atoms with van der Waals surface area (Å²) in [5.74, 6) is -0.828. The quantitative estimate of drug-likeness (QED) is 0.913. The van der Waals surface area contributed by atoms with Gasteiger partial charge in [-0.3, -0.25) is 0 Å². The number of methoxy groups -OCH3 is 1. The Kier molecular flexibility index (Phi) is 3.59. The molecule has 0 saturated heterocycles. The summed E-state index contributed by atoms with van der Waals surface area (Å²) < 4.78 is 6.11. The maximum atomic E-state index is 11.2. The van der Waals surface area contributed by atoms with Crippen LogP contribution in [0.3, 0.4) is 0 Å². The molecule has 0 atom stereocenters. The average molecular weight is 268 g/mol. The predicted octanol–water partition coefficient (Wildman–Crippen LogP) is 1.77. The molecule has 0 aliphatic heterocycles. The molecular weight excluding hydrogens is 258 g/mol. The molecule has 0 amide bonds. The zero-order chi connectivity index (χ0) is 13.1. The Morgan fingerprint density at radius 3 is 3.00 bits per heavy atom. The monoisotopic (exact) mass is 267 g/mol. The molecule has 0 aliphatic rings. The molecule has 0 unspecified atom stereocenters. The second-order valence-electron chi connectivity index (χ2n) is 3.48. The molecule has 18 heavy (non-hydrogen) atoms. The van der Waals surface area contributed by atoms with Crippen LogP contribution in [0.5, 0.6) is 0 Å². The van der Waals surface area contributed by atoms with E-state index in [0.29, 0.717) is 10.7 Å². The molecule has 0 aromatic carbocycles. The average Bonchev–Trinajstić information content (AvgIpc) is 2.74. The Morgan fingerprint density at radius 2 is 2.39 bits per heavy atom. The van der Waals surface area contributed by atoms with Crippen molar-refractivity contribution in [1.82, 2.24) is 14.8 Å². The van der Waals surface area contributed by atoms with Crippen molar-refractivity contribution in [2.45, 2.75) is 6.61 Å². The van der Waals surface area contributed by atoms with Gasteiger partial charge in [0, 0.05) is 13.3 Å². The summed E-state index contributed by atoms with van der Waals surface area (Å²) in [6.07, 6.45) is 1.52. The van der Waals surface area contributed by atoms with E-state index in [9.17, 15) is 4.79 Å². The molecule has 0 radical (unpaired) electrons. The van der Waals surface area contributed by atoms with Gasteiger partial charge >= 0.3 is 5.97 Å². The minimum atomic E-state index is -1.11. The number of nitrogens with zero attached hydrogens (tertiary/aromatic N) is 3. The number of halogens is 1. The van der Waals surface area contributed by atoms with E-state index in [2.05, 4.69) is 10.1 Å². The van der Waals surface area contributed by atoms with Gasteiger partial charge in [-0.2, -0.15) is 5.10 Å².